The lowest BCUT2D eigenvalue weighted by molar-refractivity contribution is -0.235. The lowest BCUT2D eigenvalue weighted by Crippen LogP contribution is -2.54. The molecule has 19 heavy (non-hydrogen) atoms. The summed E-state index contributed by atoms with van der Waals surface area (Å²) in [6.07, 6.45) is 0.954. The van der Waals surface area contributed by atoms with Crippen molar-refractivity contribution in [3.8, 4) is 0 Å². The van der Waals surface area contributed by atoms with Gasteiger partial charge in [0.2, 0.25) is 0 Å². The molecule has 0 radical (unpaired) electrons. The molecule has 1 aliphatic heterocycles. The monoisotopic (exact) mass is 263 g/mol. The molecule has 5 atom stereocenters. The van der Waals surface area contributed by atoms with Crippen molar-refractivity contribution < 1.29 is 9.47 Å². The third-order valence-electron chi connectivity index (χ3n) is 4.31. The van der Waals surface area contributed by atoms with Gasteiger partial charge >= 0.3 is 0 Å². The topological polar surface area (TPSA) is 44.5 Å². The summed E-state index contributed by atoms with van der Waals surface area (Å²) in [5, 5.41) is 0. The van der Waals surface area contributed by atoms with Crippen molar-refractivity contribution in [2.24, 2.45) is 17.6 Å². The second-order valence-corrected chi connectivity index (χ2v) is 5.54. The Labute approximate surface area is 116 Å². The summed E-state index contributed by atoms with van der Waals surface area (Å²) in [6.45, 7) is 7.11. The molecule has 3 nitrogen and oxygen atoms in total. The van der Waals surface area contributed by atoms with Crippen LogP contribution < -0.4 is 5.73 Å². The van der Waals surface area contributed by atoms with Crippen LogP contribution in [-0.2, 0) is 16.1 Å². The van der Waals surface area contributed by atoms with Crippen molar-refractivity contribution in [3.63, 3.8) is 0 Å². The zero-order valence-electron chi connectivity index (χ0n) is 12.1. The average molecular weight is 263 g/mol. The predicted octanol–water partition coefficient (Wildman–Crippen LogP) is 2.94. The number of rotatable bonds is 4. The van der Waals surface area contributed by atoms with Gasteiger partial charge < -0.3 is 15.2 Å². The Balaban J connectivity index is 1.95. The summed E-state index contributed by atoms with van der Waals surface area (Å²) in [4.78, 5) is 0. The molecule has 2 N–H and O–H groups in total. The van der Waals surface area contributed by atoms with Gasteiger partial charge in [-0.25, -0.2) is 0 Å². The summed E-state index contributed by atoms with van der Waals surface area (Å²) in [6, 6.07) is 10.1. The van der Waals surface area contributed by atoms with Crippen molar-refractivity contribution in [1.82, 2.24) is 0 Å². The van der Waals surface area contributed by atoms with E-state index < -0.39 is 0 Å². The van der Waals surface area contributed by atoms with Gasteiger partial charge in [0.1, 0.15) is 0 Å². The number of nitrogens with two attached hydrogens (primary N) is 1. The highest BCUT2D eigenvalue weighted by atomic mass is 16.7. The first-order valence-corrected chi connectivity index (χ1v) is 7.20. The minimum Gasteiger partial charge on any atom is -0.347 e. The summed E-state index contributed by atoms with van der Waals surface area (Å²) in [7, 11) is 0. The molecule has 0 spiro atoms. The maximum atomic E-state index is 6.24. The van der Waals surface area contributed by atoms with Crippen molar-refractivity contribution >= 4 is 0 Å². The van der Waals surface area contributed by atoms with E-state index in [9.17, 15) is 0 Å². The molecule has 2 rings (SSSR count). The van der Waals surface area contributed by atoms with E-state index in [-0.39, 0.29) is 18.4 Å². The number of ether oxygens (including phenoxy) is 2. The lowest BCUT2D eigenvalue weighted by atomic mass is 9.81. The van der Waals surface area contributed by atoms with E-state index >= 15 is 0 Å². The number of hydrogen-bond donors (Lipinski definition) is 1. The molecule has 0 amide bonds. The Morgan fingerprint density at radius 2 is 1.84 bits per heavy atom. The maximum absolute atomic E-state index is 6.24. The van der Waals surface area contributed by atoms with Gasteiger partial charge in [-0.2, -0.15) is 0 Å². The highest BCUT2D eigenvalue weighted by Crippen LogP contribution is 2.31. The molecule has 0 aliphatic carbocycles. The van der Waals surface area contributed by atoms with Crippen LogP contribution in [0.5, 0.6) is 0 Å². The van der Waals surface area contributed by atoms with E-state index in [1.54, 1.807) is 0 Å². The van der Waals surface area contributed by atoms with E-state index in [1.807, 2.05) is 18.2 Å². The molecule has 0 bridgehead atoms. The van der Waals surface area contributed by atoms with Crippen LogP contribution in [0.15, 0.2) is 30.3 Å². The normalized spacial score (nSPS) is 35.3. The zero-order chi connectivity index (χ0) is 13.8. The fourth-order valence-corrected chi connectivity index (χ4v) is 2.69. The Bertz CT molecular complexity index is 380. The van der Waals surface area contributed by atoms with Crippen LogP contribution in [0.1, 0.15) is 32.8 Å². The van der Waals surface area contributed by atoms with Crippen molar-refractivity contribution in [2.45, 2.75) is 52.2 Å². The molecule has 1 saturated heterocycles. The van der Waals surface area contributed by atoms with Gasteiger partial charge in [-0.15, -0.1) is 0 Å². The summed E-state index contributed by atoms with van der Waals surface area (Å²) < 4.78 is 11.9. The minimum absolute atomic E-state index is 0.0542. The van der Waals surface area contributed by atoms with Crippen LogP contribution >= 0.6 is 0 Å². The summed E-state index contributed by atoms with van der Waals surface area (Å²) >= 11 is 0. The molecular weight excluding hydrogens is 238 g/mol. The highest BCUT2D eigenvalue weighted by Gasteiger charge is 2.39. The minimum atomic E-state index is -0.295. The SMILES string of the molecule is CCC1O[C@H](OCc2ccccc2)C(N)[C@@H](C)[C@@H]1C. The molecule has 1 aromatic rings. The van der Waals surface area contributed by atoms with Crippen molar-refractivity contribution in [2.75, 3.05) is 0 Å². The van der Waals surface area contributed by atoms with Gasteiger partial charge in [0.15, 0.2) is 6.29 Å². The van der Waals surface area contributed by atoms with Gasteiger partial charge in [-0.05, 0) is 23.8 Å². The fraction of sp³-hybridized carbons (Fsp3) is 0.625. The van der Waals surface area contributed by atoms with Gasteiger partial charge in [-0.3, -0.25) is 0 Å². The van der Waals surface area contributed by atoms with E-state index in [0.717, 1.165) is 12.0 Å². The average Bonchev–Trinajstić information content (AvgIpc) is 2.45. The Kier molecular flexibility index (Phi) is 4.97. The van der Waals surface area contributed by atoms with Crippen LogP contribution in [0.3, 0.4) is 0 Å². The molecule has 106 valence electrons. The molecule has 1 fully saturated rings. The van der Waals surface area contributed by atoms with Gasteiger partial charge in [0.05, 0.1) is 18.8 Å². The molecule has 2 unspecified atom stereocenters. The first-order chi connectivity index (χ1) is 9.13. The Morgan fingerprint density at radius 3 is 2.47 bits per heavy atom. The second-order valence-electron chi connectivity index (χ2n) is 5.54. The van der Waals surface area contributed by atoms with E-state index in [2.05, 4.69) is 32.9 Å². The fourth-order valence-electron chi connectivity index (χ4n) is 2.69. The first kappa shape index (κ1) is 14.5. The van der Waals surface area contributed by atoms with Crippen molar-refractivity contribution in [1.29, 1.82) is 0 Å². The Hall–Kier alpha value is -0.900. The van der Waals surface area contributed by atoms with E-state index in [0.29, 0.717) is 18.4 Å². The standard InChI is InChI=1S/C16H25NO2/c1-4-14-11(2)12(3)15(17)16(19-14)18-10-13-8-6-5-7-9-13/h5-9,11-12,14-16H,4,10,17H2,1-3H3/t11-,12-,14?,15?,16-/m0/s1. The van der Waals surface area contributed by atoms with Gasteiger partial charge in [0, 0.05) is 0 Å². The lowest BCUT2D eigenvalue weighted by Gasteiger charge is -2.42. The summed E-state index contributed by atoms with van der Waals surface area (Å²) in [5.41, 5.74) is 7.39. The second kappa shape index (κ2) is 6.51. The predicted molar refractivity (Wildman–Crippen MR) is 76.5 cm³/mol. The number of benzene rings is 1. The molecule has 3 heteroatoms. The molecule has 0 aromatic heterocycles. The quantitative estimate of drug-likeness (QED) is 0.908. The summed E-state index contributed by atoms with van der Waals surface area (Å²) in [5.74, 6) is 0.899. The first-order valence-electron chi connectivity index (χ1n) is 7.20. The van der Waals surface area contributed by atoms with Crippen LogP contribution in [0.2, 0.25) is 0 Å². The molecule has 0 saturated carbocycles. The highest BCUT2D eigenvalue weighted by molar-refractivity contribution is 5.13. The molecule has 1 heterocycles. The smallest absolute Gasteiger partial charge is 0.173 e. The van der Waals surface area contributed by atoms with Gasteiger partial charge in [0.25, 0.3) is 0 Å². The molecule has 1 aromatic carbocycles. The van der Waals surface area contributed by atoms with Crippen LogP contribution in [-0.4, -0.2) is 18.4 Å². The van der Waals surface area contributed by atoms with Crippen LogP contribution in [0.25, 0.3) is 0 Å². The van der Waals surface area contributed by atoms with E-state index in [4.69, 9.17) is 15.2 Å². The van der Waals surface area contributed by atoms with Crippen LogP contribution in [0, 0.1) is 11.8 Å². The van der Waals surface area contributed by atoms with Gasteiger partial charge in [-0.1, -0.05) is 51.1 Å². The number of hydrogen-bond acceptors (Lipinski definition) is 3. The largest absolute Gasteiger partial charge is 0.347 e. The maximum Gasteiger partial charge on any atom is 0.173 e. The Morgan fingerprint density at radius 1 is 1.16 bits per heavy atom. The third-order valence-corrected chi connectivity index (χ3v) is 4.31. The van der Waals surface area contributed by atoms with Crippen molar-refractivity contribution in [3.05, 3.63) is 35.9 Å². The van der Waals surface area contributed by atoms with Crippen LogP contribution in [0.4, 0.5) is 0 Å². The molecule has 1 aliphatic rings. The van der Waals surface area contributed by atoms with E-state index in [1.165, 1.54) is 0 Å². The zero-order valence-corrected chi connectivity index (χ0v) is 12.1. The molecular formula is C16H25NO2. The third kappa shape index (κ3) is 3.35.